The molecule has 0 spiro atoms. The quantitative estimate of drug-likeness (QED) is 0.889. The van der Waals surface area contributed by atoms with Crippen molar-refractivity contribution in [3.63, 3.8) is 0 Å². The summed E-state index contributed by atoms with van der Waals surface area (Å²) in [6.45, 7) is 1.52. The van der Waals surface area contributed by atoms with Gasteiger partial charge in [-0.2, -0.15) is 0 Å². The van der Waals surface area contributed by atoms with Crippen molar-refractivity contribution in [1.82, 2.24) is 0 Å². The first kappa shape index (κ1) is 14.3. The molecule has 0 atom stereocenters. The first-order chi connectivity index (χ1) is 10.3. The highest BCUT2D eigenvalue weighted by molar-refractivity contribution is 9.10. The fourth-order valence-electron chi connectivity index (χ4n) is 2.54. The fourth-order valence-corrected chi connectivity index (χ4v) is 2.90. The van der Waals surface area contributed by atoms with Crippen molar-refractivity contribution in [1.29, 1.82) is 0 Å². The Morgan fingerprint density at radius 3 is 3.00 bits per heavy atom. The van der Waals surface area contributed by atoms with Gasteiger partial charge >= 0.3 is 0 Å². The van der Waals surface area contributed by atoms with E-state index in [9.17, 15) is 0 Å². The number of anilines is 1. The maximum atomic E-state index is 6.02. The smallest absolute Gasteiger partial charge is 0.143 e. The summed E-state index contributed by atoms with van der Waals surface area (Å²) >= 11 is 3.56. The van der Waals surface area contributed by atoms with Gasteiger partial charge in [0.05, 0.1) is 12.8 Å². The number of rotatable bonds is 4. The molecule has 2 aromatic rings. The molecule has 1 aliphatic rings. The lowest BCUT2D eigenvalue weighted by molar-refractivity contribution is 0.305. The third-order valence-electron chi connectivity index (χ3n) is 3.67. The second kappa shape index (κ2) is 6.39. The summed E-state index contributed by atoms with van der Waals surface area (Å²) in [5.41, 5.74) is 3.55. The van der Waals surface area contributed by atoms with Crippen molar-refractivity contribution < 1.29 is 9.47 Å². The predicted molar refractivity (Wildman–Crippen MR) is 88.3 cm³/mol. The number of hydrogen-bond acceptors (Lipinski definition) is 3. The molecule has 2 aromatic carbocycles. The maximum Gasteiger partial charge on any atom is 0.143 e. The monoisotopic (exact) mass is 347 g/mol. The number of benzene rings is 2. The molecule has 110 valence electrons. The van der Waals surface area contributed by atoms with Crippen LogP contribution < -0.4 is 14.8 Å². The number of fused-ring (bicyclic) bond motifs is 1. The zero-order chi connectivity index (χ0) is 14.7. The van der Waals surface area contributed by atoms with Crippen LogP contribution in [0.15, 0.2) is 40.9 Å². The lowest BCUT2D eigenvalue weighted by Gasteiger charge is -2.21. The summed E-state index contributed by atoms with van der Waals surface area (Å²) in [6, 6.07) is 12.1. The van der Waals surface area contributed by atoms with E-state index < -0.39 is 0 Å². The van der Waals surface area contributed by atoms with Crippen LogP contribution in [0.3, 0.4) is 0 Å². The number of hydrogen-bond donors (Lipinski definition) is 1. The van der Waals surface area contributed by atoms with Crippen molar-refractivity contribution in [2.24, 2.45) is 0 Å². The molecule has 0 amide bonds. The highest BCUT2D eigenvalue weighted by Gasteiger charge is 2.13. The zero-order valence-corrected chi connectivity index (χ0v) is 13.6. The minimum Gasteiger partial charge on any atom is -0.497 e. The topological polar surface area (TPSA) is 30.5 Å². The van der Waals surface area contributed by atoms with E-state index in [-0.39, 0.29) is 0 Å². The largest absolute Gasteiger partial charge is 0.497 e. The lowest BCUT2D eigenvalue weighted by Crippen LogP contribution is -2.13. The van der Waals surface area contributed by atoms with Gasteiger partial charge in [0.1, 0.15) is 18.1 Å². The summed E-state index contributed by atoms with van der Waals surface area (Å²) in [7, 11) is 1.67. The van der Waals surface area contributed by atoms with Crippen LogP contribution in [0, 0.1) is 0 Å². The average Bonchev–Trinajstić information content (AvgIpc) is 2.54. The second-order valence-electron chi connectivity index (χ2n) is 5.07. The molecule has 1 aliphatic heterocycles. The summed E-state index contributed by atoms with van der Waals surface area (Å²) in [5.74, 6) is 1.76. The lowest BCUT2D eigenvalue weighted by atomic mass is 10.0. The molecular formula is C17H18BrNO2. The molecular weight excluding hydrogens is 330 g/mol. The van der Waals surface area contributed by atoms with Gasteiger partial charge in [-0.1, -0.05) is 28.1 Å². The number of nitrogens with one attached hydrogen (secondary N) is 1. The molecule has 0 radical (unpaired) electrons. The van der Waals surface area contributed by atoms with Crippen LogP contribution in [0.1, 0.15) is 17.5 Å². The van der Waals surface area contributed by atoms with Gasteiger partial charge in [-0.3, -0.25) is 0 Å². The van der Waals surface area contributed by atoms with E-state index in [0.29, 0.717) is 6.61 Å². The van der Waals surface area contributed by atoms with Crippen molar-refractivity contribution in [2.75, 3.05) is 19.0 Å². The SMILES string of the molecule is COc1ccc(Br)c(COc2cccc3c2NCCC3)c1. The van der Waals surface area contributed by atoms with Crippen LogP contribution in [0.25, 0.3) is 0 Å². The number of methoxy groups -OCH3 is 1. The molecule has 0 unspecified atom stereocenters. The Morgan fingerprint density at radius 1 is 1.24 bits per heavy atom. The Bertz CT molecular complexity index is 643. The number of para-hydroxylation sites is 1. The maximum absolute atomic E-state index is 6.02. The summed E-state index contributed by atoms with van der Waals surface area (Å²) in [4.78, 5) is 0. The van der Waals surface area contributed by atoms with Crippen LogP contribution in [-0.2, 0) is 13.0 Å². The van der Waals surface area contributed by atoms with Gasteiger partial charge in [0, 0.05) is 16.6 Å². The molecule has 3 rings (SSSR count). The van der Waals surface area contributed by atoms with Crippen LogP contribution in [0.4, 0.5) is 5.69 Å². The van der Waals surface area contributed by atoms with Gasteiger partial charge in [0.25, 0.3) is 0 Å². The Labute approximate surface area is 133 Å². The van der Waals surface area contributed by atoms with E-state index in [0.717, 1.165) is 40.2 Å². The molecule has 0 fully saturated rings. The van der Waals surface area contributed by atoms with Crippen LogP contribution in [-0.4, -0.2) is 13.7 Å². The van der Waals surface area contributed by atoms with E-state index in [1.54, 1.807) is 7.11 Å². The first-order valence-corrected chi connectivity index (χ1v) is 7.88. The van der Waals surface area contributed by atoms with Crippen LogP contribution in [0.2, 0.25) is 0 Å². The number of aryl methyl sites for hydroxylation is 1. The molecule has 1 N–H and O–H groups in total. The number of ether oxygens (including phenoxy) is 2. The molecule has 0 aliphatic carbocycles. The van der Waals surface area contributed by atoms with Gasteiger partial charge in [-0.05, 0) is 42.7 Å². The summed E-state index contributed by atoms with van der Waals surface area (Å²) < 4.78 is 12.3. The highest BCUT2D eigenvalue weighted by Crippen LogP contribution is 2.33. The molecule has 0 aromatic heterocycles. The van der Waals surface area contributed by atoms with Crippen molar-refractivity contribution >= 4 is 21.6 Å². The van der Waals surface area contributed by atoms with E-state index in [2.05, 4.69) is 33.4 Å². The predicted octanol–water partition coefficient (Wildman–Crippen LogP) is 4.39. The van der Waals surface area contributed by atoms with Gasteiger partial charge in [-0.25, -0.2) is 0 Å². The normalized spacial score (nSPS) is 13.2. The van der Waals surface area contributed by atoms with Crippen molar-refractivity contribution in [3.05, 3.63) is 52.0 Å². The highest BCUT2D eigenvalue weighted by atomic mass is 79.9. The minimum absolute atomic E-state index is 0.510. The molecule has 4 heteroatoms. The molecule has 0 bridgehead atoms. The third-order valence-corrected chi connectivity index (χ3v) is 4.45. The molecule has 3 nitrogen and oxygen atoms in total. The second-order valence-corrected chi connectivity index (χ2v) is 5.92. The molecule has 0 saturated heterocycles. The van der Waals surface area contributed by atoms with Crippen LogP contribution >= 0.6 is 15.9 Å². The first-order valence-electron chi connectivity index (χ1n) is 7.09. The van der Waals surface area contributed by atoms with E-state index in [1.807, 2.05) is 24.3 Å². The van der Waals surface area contributed by atoms with E-state index in [4.69, 9.17) is 9.47 Å². The third kappa shape index (κ3) is 3.16. The summed E-state index contributed by atoms with van der Waals surface area (Å²) in [6.07, 6.45) is 2.29. The molecule has 0 saturated carbocycles. The Morgan fingerprint density at radius 2 is 2.14 bits per heavy atom. The summed E-state index contributed by atoms with van der Waals surface area (Å²) in [5, 5.41) is 3.44. The van der Waals surface area contributed by atoms with Crippen molar-refractivity contribution in [3.8, 4) is 11.5 Å². The fraction of sp³-hybridized carbons (Fsp3) is 0.294. The molecule has 1 heterocycles. The van der Waals surface area contributed by atoms with Crippen LogP contribution in [0.5, 0.6) is 11.5 Å². The zero-order valence-electron chi connectivity index (χ0n) is 12.0. The Kier molecular flexibility index (Phi) is 4.34. The standard InChI is InChI=1S/C17H18BrNO2/c1-20-14-7-8-15(18)13(10-14)11-21-16-6-2-4-12-5-3-9-19-17(12)16/h2,4,6-8,10,19H,3,5,9,11H2,1H3. The Balaban J connectivity index is 1.79. The van der Waals surface area contributed by atoms with E-state index in [1.165, 1.54) is 12.0 Å². The van der Waals surface area contributed by atoms with Gasteiger partial charge in [0.2, 0.25) is 0 Å². The van der Waals surface area contributed by atoms with Crippen molar-refractivity contribution in [2.45, 2.75) is 19.4 Å². The van der Waals surface area contributed by atoms with Gasteiger partial charge in [-0.15, -0.1) is 0 Å². The Hall–Kier alpha value is -1.68. The average molecular weight is 348 g/mol. The van der Waals surface area contributed by atoms with Gasteiger partial charge < -0.3 is 14.8 Å². The number of halogens is 1. The van der Waals surface area contributed by atoms with Gasteiger partial charge in [0.15, 0.2) is 0 Å². The molecule has 21 heavy (non-hydrogen) atoms. The minimum atomic E-state index is 0.510. The van der Waals surface area contributed by atoms with E-state index >= 15 is 0 Å².